The van der Waals surface area contributed by atoms with Crippen molar-refractivity contribution in [1.29, 1.82) is 0 Å². The molecule has 0 amide bonds. The molecular formula is C17H27N. The fourth-order valence-electron chi connectivity index (χ4n) is 3.43. The van der Waals surface area contributed by atoms with Crippen molar-refractivity contribution in [3.05, 3.63) is 35.4 Å². The van der Waals surface area contributed by atoms with E-state index in [0.717, 1.165) is 11.8 Å². The Morgan fingerprint density at radius 1 is 1.28 bits per heavy atom. The van der Waals surface area contributed by atoms with Gasteiger partial charge in [0.1, 0.15) is 0 Å². The molecule has 18 heavy (non-hydrogen) atoms. The van der Waals surface area contributed by atoms with Crippen LogP contribution in [0.25, 0.3) is 0 Å². The topological polar surface area (TPSA) is 12.0 Å². The summed E-state index contributed by atoms with van der Waals surface area (Å²) in [5.74, 6) is 1.77. The smallest absolute Gasteiger partial charge is 0.0133 e. The van der Waals surface area contributed by atoms with Crippen LogP contribution >= 0.6 is 0 Å². The van der Waals surface area contributed by atoms with E-state index in [1.165, 1.54) is 43.2 Å². The van der Waals surface area contributed by atoms with Gasteiger partial charge in [0.25, 0.3) is 0 Å². The third kappa shape index (κ3) is 3.35. The lowest BCUT2D eigenvalue weighted by Crippen LogP contribution is -2.38. The van der Waals surface area contributed by atoms with E-state index in [9.17, 15) is 0 Å². The normalized spacial score (nSPS) is 25.9. The van der Waals surface area contributed by atoms with Gasteiger partial charge in [-0.3, -0.25) is 0 Å². The monoisotopic (exact) mass is 245 g/mol. The van der Waals surface area contributed by atoms with Gasteiger partial charge < -0.3 is 5.32 Å². The Bertz CT molecular complexity index is 372. The fraction of sp³-hybridized carbons (Fsp3) is 0.647. The molecule has 0 saturated heterocycles. The summed E-state index contributed by atoms with van der Waals surface area (Å²) in [7, 11) is 2.13. The number of hydrogen-bond acceptors (Lipinski definition) is 1. The molecule has 1 nitrogen and oxygen atoms in total. The van der Waals surface area contributed by atoms with Crippen LogP contribution in [0, 0.1) is 18.8 Å². The van der Waals surface area contributed by atoms with Crippen LogP contribution in [0.3, 0.4) is 0 Å². The molecule has 0 spiro atoms. The standard InChI is InChI=1S/C17H27N/c1-13-7-6-10-16(11-13)17(18-3)12-15-9-5-4-8-14(15)2/h4-5,8-9,13,16-18H,6-7,10-12H2,1-3H3. The van der Waals surface area contributed by atoms with Gasteiger partial charge in [-0.25, -0.2) is 0 Å². The van der Waals surface area contributed by atoms with Crippen LogP contribution in [0.5, 0.6) is 0 Å². The van der Waals surface area contributed by atoms with Crippen molar-refractivity contribution < 1.29 is 0 Å². The summed E-state index contributed by atoms with van der Waals surface area (Å²) in [6.07, 6.45) is 6.83. The SMILES string of the molecule is CNC(Cc1ccccc1C)C1CCCC(C)C1. The van der Waals surface area contributed by atoms with Gasteiger partial charge in [-0.2, -0.15) is 0 Å². The Hall–Kier alpha value is -0.820. The van der Waals surface area contributed by atoms with Crippen molar-refractivity contribution in [2.24, 2.45) is 11.8 Å². The molecule has 1 N–H and O–H groups in total. The third-order valence-corrected chi connectivity index (χ3v) is 4.62. The second-order valence-electron chi connectivity index (χ2n) is 6.06. The van der Waals surface area contributed by atoms with Crippen LogP contribution in [0.2, 0.25) is 0 Å². The van der Waals surface area contributed by atoms with E-state index >= 15 is 0 Å². The van der Waals surface area contributed by atoms with E-state index in [-0.39, 0.29) is 0 Å². The fourth-order valence-corrected chi connectivity index (χ4v) is 3.43. The molecule has 0 heterocycles. The van der Waals surface area contributed by atoms with Crippen molar-refractivity contribution in [3.63, 3.8) is 0 Å². The molecule has 1 aliphatic rings. The highest BCUT2D eigenvalue weighted by atomic mass is 14.9. The number of nitrogens with one attached hydrogen (secondary N) is 1. The van der Waals surface area contributed by atoms with Crippen LogP contribution in [-0.4, -0.2) is 13.1 Å². The van der Waals surface area contributed by atoms with Crippen molar-refractivity contribution in [2.75, 3.05) is 7.05 Å². The van der Waals surface area contributed by atoms with Crippen LogP contribution in [-0.2, 0) is 6.42 Å². The molecule has 1 fully saturated rings. The van der Waals surface area contributed by atoms with Crippen molar-refractivity contribution in [3.8, 4) is 0 Å². The molecule has 1 saturated carbocycles. The van der Waals surface area contributed by atoms with Crippen molar-refractivity contribution >= 4 is 0 Å². The van der Waals surface area contributed by atoms with Crippen molar-refractivity contribution in [2.45, 2.75) is 52.0 Å². The zero-order valence-corrected chi connectivity index (χ0v) is 12.1. The largest absolute Gasteiger partial charge is 0.316 e. The number of benzene rings is 1. The maximum absolute atomic E-state index is 3.57. The predicted molar refractivity (Wildman–Crippen MR) is 78.9 cm³/mol. The summed E-state index contributed by atoms with van der Waals surface area (Å²) in [6.45, 7) is 4.64. The highest BCUT2D eigenvalue weighted by molar-refractivity contribution is 5.26. The molecule has 1 heteroatoms. The predicted octanol–water partition coefficient (Wildman–Crippen LogP) is 3.95. The maximum atomic E-state index is 3.57. The summed E-state index contributed by atoms with van der Waals surface area (Å²) in [5.41, 5.74) is 2.94. The first-order chi connectivity index (χ1) is 8.70. The summed E-state index contributed by atoms with van der Waals surface area (Å²) in [4.78, 5) is 0. The van der Waals surface area contributed by atoms with E-state index in [2.05, 4.69) is 50.5 Å². The number of hydrogen-bond donors (Lipinski definition) is 1. The minimum absolute atomic E-state index is 0.647. The zero-order chi connectivity index (χ0) is 13.0. The first kappa shape index (κ1) is 13.6. The Morgan fingerprint density at radius 3 is 2.72 bits per heavy atom. The molecular weight excluding hydrogens is 218 g/mol. The van der Waals surface area contributed by atoms with Crippen LogP contribution < -0.4 is 5.32 Å². The average molecular weight is 245 g/mol. The van der Waals surface area contributed by atoms with Crippen LogP contribution in [0.4, 0.5) is 0 Å². The number of aryl methyl sites for hydroxylation is 1. The molecule has 100 valence electrons. The number of likely N-dealkylation sites (N-methyl/N-ethyl adjacent to an activating group) is 1. The maximum Gasteiger partial charge on any atom is 0.0133 e. The Morgan fingerprint density at radius 2 is 2.06 bits per heavy atom. The molecule has 3 unspecified atom stereocenters. The van der Waals surface area contributed by atoms with E-state index < -0.39 is 0 Å². The average Bonchev–Trinajstić information content (AvgIpc) is 2.38. The van der Waals surface area contributed by atoms with E-state index in [4.69, 9.17) is 0 Å². The molecule has 1 aromatic rings. The van der Waals surface area contributed by atoms with Crippen LogP contribution in [0.15, 0.2) is 24.3 Å². The quantitative estimate of drug-likeness (QED) is 0.847. The van der Waals surface area contributed by atoms with Crippen LogP contribution in [0.1, 0.15) is 43.7 Å². The molecule has 0 bridgehead atoms. The molecule has 1 aromatic carbocycles. The van der Waals surface area contributed by atoms with Gasteiger partial charge >= 0.3 is 0 Å². The minimum Gasteiger partial charge on any atom is -0.316 e. The second kappa shape index (κ2) is 6.38. The summed E-state index contributed by atoms with van der Waals surface area (Å²) < 4.78 is 0. The van der Waals surface area contributed by atoms with Gasteiger partial charge in [0, 0.05) is 6.04 Å². The van der Waals surface area contributed by atoms with Gasteiger partial charge in [-0.05, 0) is 56.2 Å². The molecule has 2 rings (SSSR count). The Kier molecular flexibility index (Phi) is 4.82. The van der Waals surface area contributed by atoms with E-state index in [1.54, 1.807) is 0 Å². The van der Waals surface area contributed by atoms with Gasteiger partial charge in [-0.15, -0.1) is 0 Å². The third-order valence-electron chi connectivity index (χ3n) is 4.62. The highest BCUT2D eigenvalue weighted by Gasteiger charge is 2.25. The number of rotatable bonds is 4. The lowest BCUT2D eigenvalue weighted by atomic mass is 9.77. The van der Waals surface area contributed by atoms with Gasteiger partial charge in [0.2, 0.25) is 0 Å². The molecule has 1 aliphatic carbocycles. The Balaban J connectivity index is 2.03. The first-order valence-electron chi connectivity index (χ1n) is 7.42. The molecule has 0 radical (unpaired) electrons. The lowest BCUT2D eigenvalue weighted by Gasteiger charge is -2.33. The van der Waals surface area contributed by atoms with Crippen molar-refractivity contribution in [1.82, 2.24) is 5.32 Å². The van der Waals surface area contributed by atoms with E-state index in [1.807, 2.05) is 0 Å². The van der Waals surface area contributed by atoms with Gasteiger partial charge in [0.15, 0.2) is 0 Å². The lowest BCUT2D eigenvalue weighted by molar-refractivity contribution is 0.227. The summed E-state index contributed by atoms with van der Waals surface area (Å²) in [5, 5.41) is 3.57. The minimum atomic E-state index is 0.647. The summed E-state index contributed by atoms with van der Waals surface area (Å²) in [6, 6.07) is 9.46. The van der Waals surface area contributed by atoms with E-state index in [0.29, 0.717) is 6.04 Å². The highest BCUT2D eigenvalue weighted by Crippen LogP contribution is 2.32. The summed E-state index contributed by atoms with van der Waals surface area (Å²) >= 11 is 0. The second-order valence-corrected chi connectivity index (χ2v) is 6.06. The first-order valence-corrected chi connectivity index (χ1v) is 7.42. The zero-order valence-electron chi connectivity index (χ0n) is 12.1. The molecule has 3 atom stereocenters. The molecule has 0 aliphatic heterocycles. The van der Waals surface area contributed by atoms with Gasteiger partial charge in [0.05, 0.1) is 0 Å². The van der Waals surface area contributed by atoms with Gasteiger partial charge in [-0.1, -0.05) is 44.0 Å². The Labute approximate surface area is 112 Å². The molecule has 0 aromatic heterocycles.